The molecule has 0 amide bonds. The average Bonchev–Trinajstić information content (AvgIpc) is 2.68. The van der Waals surface area contributed by atoms with Crippen molar-refractivity contribution in [3.63, 3.8) is 0 Å². The Kier molecular flexibility index (Phi) is 6.96. The number of para-hydroxylation sites is 2. The van der Waals surface area contributed by atoms with Crippen molar-refractivity contribution in [3.8, 4) is 23.6 Å². The fourth-order valence-corrected chi connectivity index (χ4v) is 2.43. The molecule has 7 heteroatoms. The average molecular weight is 371 g/mol. The Bertz CT molecular complexity index is 902. The molecule has 0 fully saturated rings. The number of hydrogen-bond donors (Lipinski definition) is 1. The van der Waals surface area contributed by atoms with Crippen LogP contribution in [0.2, 0.25) is 0 Å². The molecule has 0 atom stereocenters. The number of nitrogens with one attached hydrogen (secondary N) is 1. The van der Waals surface area contributed by atoms with E-state index in [9.17, 15) is 14.0 Å². The Hall–Kier alpha value is -3.32. The second-order valence-corrected chi connectivity index (χ2v) is 5.56. The topological polar surface area (TPSA) is 78.1 Å². The standard InChI is InChI=1S/C20H19F2N3O2/c1-3-5-10-27-20-18(22)14(12-24)13(11-23)17(21)19(20)25-15-8-6-7-9-16(15)26-4-2/h6-9,25H,3-5,10H2,1-2H3. The van der Waals surface area contributed by atoms with Crippen LogP contribution in [0, 0.1) is 34.3 Å². The second-order valence-electron chi connectivity index (χ2n) is 5.56. The first-order valence-corrected chi connectivity index (χ1v) is 8.55. The lowest BCUT2D eigenvalue weighted by Crippen LogP contribution is -2.09. The van der Waals surface area contributed by atoms with Crippen LogP contribution in [-0.2, 0) is 0 Å². The van der Waals surface area contributed by atoms with E-state index in [2.05, 4.69) is 5.32 Å². The van der Waals surface area contributed by atoms with Crippen molar-refractivity contribution >= 4 is 11.4 Å². The highest BCUT2D eigenvalue weighted by atomic mass is 19.1. The Labute approximate surface area is 156 Å². The number of nitriles is 2. The van der Waals surface area contributed by atoms with Crippen LogP contribution < -0.4 is 14.8 Å². The molecule has 27 heavy (non-hydrogen) atoms. The van der Waals surface area contributed by atoms with Crippen molar-refractivity contribution in [3.05, 3.63) is 47.0 Å². The summed E-state index contributed by atoms with van der Waals surface area (Å²) < 4.78 is 40.7. The first kappa shape index (κ1) is 20.0. The van der Waals surface area contributed by atoms with Crippen LogP contribution in [0.4, 0.5) is 20.2 Å². The van der Waals surface area contributed by atoms with E-state index in [0.717, 1.165) is 6.42 Å². The fraction of sp³-hybridized carbons (Fsp3) is 0.300. The zero-order chi connectivity index (χ0) is 19.8. The van der Waals surface area contributed by atoms with Crippen molar-refractivity contribution < 1.29 is 18.3 Å². The van der Waals surface area contributed by atoms with Gasteiger partial charge in [0.1, 0.15) is 34.7 Å². The maximum absolute atomic E-state index is 14.9. The molecule has 0 heterocycles. The molecule has 0 unspecified atom stereocenters. The minimum Gasteiger partial charge on any atom is -0.492 e. The van der Waals surface area contributed by atoms with E-state index >= 15 is 0 Å². The third-order valence-corrected chi connectivity index (χ3v) is 3.75. The van der Waals surface area contributed by atoms with E-state index in [1.165, 1.54) is 6.07 Å². The van der Waals surface area contributed by atoms with Gasteiger partial charge in [-0.25, -0.2) is 8.78 Å². The third kappa shape index (κ3) is 4.27. The highest BCUT2D eigenvalue weighted by molar-refractivity contribution is 5.75. The van der Waals surface area contributed by atoms with E-state index in [1.807, 2.05) is 6.92 Å². The molecule has 0 radical (unpaired) electrons. The number of hydrogen-bond acceptors (Lipinski definition) is 5. The minimum absolute atomic E-state index is 0.144. The predicted octanol–water partition coefficient (Wildman–Crippen LogP) is 5.03. The van der Waals surface area contributed by atoms with Crippen molar-refractivity contribution in [2.24, 2.45) is 0 Å². The molecule has 0 aliphatic rings. The Morgan fingerprint density at radius 2 is 1.67 bits per heavy atom. The van der Waals surface area contributed by atoms with Gasteiger partial charge in [-0.2, -0.15) is 10.5 Å². The van der Waals surface area contributed by atoms with Gasteiger partial charge < -0.3 is 14.8 Å². The summed E-state index contributed by atoms with van der Waals surface area (Å²) in [5.41, 5.74) is -1.31. The summed E-state index contributed by atoms with van der Waals surface area (Å²) in [6.45, 7) is 4.25. The van der Waals surface area contributed by atoms with Crippen molar-refractivity contribution in [1.82, 2.24) is 0 Å². The molecule has 2 aromatic rings. The normalized spacial score (nSPS) is 10.0. The third-order valence-electron chi connectivity index (χ3n) is 3.75. The zero-order valence-electron chi connectivity index (χ0n) is 15.1. The van der Waals surface area contributed by atoms with Crippen LogP contribution >= 0.6 is 0 Å². The molecule has 0 bridgehead atoms. The molecule has 2 rings (SSSR count). The maximum Gasteiger partial charge on any atom is 0.186 e. The van der Waals surface area contributed by atoms with E-state index in [-0.39, 0.29) is 12.3 Å². The lowest BCUT2D eigenvalue weighted by molar-refractivity contribution is 0.294. The molecule has 5 nitrogen and oxygen atoms in total. The van der Waals surface area contributed by atoms with Gasteiger partial charge in [0.05, 0.1) is 18.9 Å². The number of benzene rings is 2. The molecular formula is C20H19F2N3O2. The highest BCUT2D eigenvalue weighted by Gasteiger charge is 2.27. The van der Waals surface area contributed by atoms with E-state index in [4.69, 9.17) is 14.7 Å². The molecule has 0 saturated heterocycles. The monoisotopic (exact) mass is 371 g/mol. The van der Waals surface area contributed by atoms with Gasteiger partial charge in [0.25, 0.3) is 0 Å². The van der Waals surface area contributed by atoms with Gasteiger partial charge in [0, 0.05) is 0 Å². The Morgan fingerprint density at radius 1 is 1.00 bits per heavy atom. The SMILES string of the molecule is CCCCOc1c(F)c(C#N)c(C#N)c(F)c1Nc1ccccc1OCC. The number of nitrogens with zero attached hydrogens (tertiary/aromatic N) is 2. The van der Waals surface area contributed by atoms with E-state index in [0.29, 0.717) is 24.5 Å². The molecule has 2 aromatic carbocycles. The molecule has 140 valence electrons. The van der Waals surface area contributed by atoms with Crippen molar-refractivity contribution in [2.75, 3.05) is 18.5 Å². The Balaban J connectivity index is 2.61. The largest absolute Gasteiger partial charge is 0.492 e. The molecule has 0 saturated carbocycles. The molecule has 0 spiro atoms. The number of unbranched alkanes of at least 4 members (excludes halogenated alkanes) is 1. The van der Waals surface area contributed by atoms with Crippen LogP contribution in [0.25, 0.3) is 0 Å². The number of anilines is 2. The van der Waals surface area contributed by atoms with Gasteiger partial charge in [-0.15, -0.1) is 0 Å². The van der Waals surface area contributed by atoms with Crippen LogP contribution in [-0.4, -0.2) is 13.2 Å². The fourth-order valence-electron chi connectivity index (χ4n) is 2.43. The van der Waals surface area contributed by atoms with E-state index < -0.39 is 28.5 Å². The summed E-state index contributed by atoms with van der Waals surface area (Å²) in [7, 11) is 0. The number of rotatable bonds is 8. The van der Waals surface area contributed by atoms with Crippen molar-refractivity contribution in [1.29, 1.82) is 10.5 Å². The minimum atomic E-state index is -1.07. The summed E-state index contributed by atoms with van der Waals surface area (Å²) in [6.07, 6.45) is 1.42. The van der Waals surface area contributed by atoms with Crippen LogP contribution in [0.5, 0.6) is 11.5 Å². The second kappa shape index (κ2) is 9.40. The van der Waals surface area contributed by atoms with Gasteiger partial charge in [0.2, 0.25) is 0 Å². The zero-order valence-corrected chi connectivity index (χ0v) is 15.1. The summed E-state index contributed by atoms with van der Waals surface area (Å²) in [5, 5.41) is 21.1. The van der Waals surface area contributed by atoms with E-state index in [1.54, 1.807) is 37.3 Å². The summed E-state index contributed by atoms with van der Waals surface area (Å²) in [6, 6.07) is 9.83. The molecule has 0 aliphatic heterocycles. The maximum atomic E-state index is 14.9. The van der Waals surface area contributed by atoms with Gasteiger partial charge in [0.15, 0.2) is 17.4 Å². The lowest BCUT2D eigenvalue weighted by Gasteiger charge is -2.18. The Morgan fingerprint density at radius 3 is 2.30 bits per heavy atom. The van der Waals surface area contributed by atoms with Crippen LogP contribution in [0.3, 0.4) is 0 Å². The predicted molar refractivity (Wildman–Crippen MR) is 97.1 cm³/mol. The van der Waals surface area contributed by atoms with Crippen molar-refractivity contribution in [2.45, 2.75) is 26.7 Å². The summed E-state index contributed by atoms with van der Waals surface area (Å²) >= 11 is 0. The van der Waals surface area contributed by atoms with Gasteiger partial charge in [-0.1, -0.05) is 25.5 Å². The van der Waals surface area contributed by atoms with Gasteiger partial charge in [-0.3, -0.25) is 0 Å². The molecule has 0 aliphatic carbocycles. The lowest BCUT2D eigenvalue weighted by atomic mass is 10.1. The van der Waals surface area contributed by atoms with Crippen LogP contribution in [0.15, 0.2) is 24.3 Å². The smallest absolute Gasteiger partial charge is 0.186 e. The number of halogens is 2. The summed E-state index contributed by atoms with van der Waals surface area (Å²) in [4.78, 5) is 0. The summed E-state index contributed by atoms with van der Waals surface area (Å²) in [5.74, 6) is -2.11. The highest BCUT2D eigenvalue weighted by Crippen LogP contribution is 2.39. The van der Waals surface area contributed by atoms with Gasteiger partial charge >= 0.3 is 0 Å². The molecule has 1 N–H and O–H groups in total. The molecule has 0 aromatic heterocycles. The first-order valence-electron chi connectivity index (χ1n) is 8.55. The van der Waals surface area contributed by atoms with Crippen LogP contribution in [0.1, 0.15) is 37.8 Å². The number of ether oxygens (including phenoxy) is 2. The quantitative estimate of drug-likeness (QED) is 0.659. The first-order chi connectivity index (χ1) is 13.1. The molecular weight excluding hydrogens is 352 g/mol. The van der Waals surface area contributed by atoms with Gasteiger partial charge in [-0.05, 0) is 25.5 Å².